The number of sulfonamides is 1. The number of carbonyl (C=O) groups is 1. The van der Waals surface area contributed by atoms with E-state index < -0.39 is 15.3 Å². The second-order valence-electron chi connectivity index (χ2n) is 5.13. The van der Waals surface area contributed by atoms with E-state index >= 15 is 0 Å². The molecule has 0 aliphatic rings. The summed E-state index contributed by atoms with van der Waals surface area (Å²) < 4.78 is 24.7. The molecule has 0 aliphatic heterocycles. The van der Waals surface area contributed by atoms with Gasteiger partial charge in [-0.2, -0.15) is 0 Å². The van der Waals surface area contributed by atoms with Gasteiger partial charge in [-0.25, -0.2) is 8.42 Å². The van der Waals surface area contributed by atoms with E-state index in [-0.39, 0.29) is 5.78 Å². The summed E-state index contributed by atoms with van der Waals surface area (Å²) in [5.41, 5.74) is 0.890. The van der Waals surface area contributed by atoms with E-state index in [0.29, 0.717) is 26.2 Å². The van der Waals surface area contributed by atoms with Crippen LogP contribution < -0.4 is 4.72 Å². The van der Waals surface area contributed by atoms with Gasteiger partial charge in [0.25, 0.3) is 0 Å². The van der Waals surface area contributed by atoms with Crippen molar-refractivity contribution >= 4 is 56.5 Å². The molecule has 0 amide bonds. The van der Waals surface area contributed by atoms with Gasteiger partial charge in [-0.15, -0.1) is 11.8 Å². The Kier molecular flexibility index (Phi) is 6.20. The van der Waals surface area contributed by atoms with Crippen LogP contribution in [0.25, 0.3) is 0 Å². The second-order valence-corrected chi connectivity index (χ2v) is 9.04. The highest BCUT2D eigenvalue weighted by Gasteiger charge is 2.19. The number of hydrogen-bond donors (Lipinski definition) is 1. The number of carbonyl (C=O) groups excluding carboxylic acids is 1. The molecule has 0 heterocycles. The van der Waals surface area contributed by atoms with Crippen molar-refractivity contribution in [1.82, 2.24) is 0 Å². The van der Waals surface area contributed by atoms with Crippen LogP contribution in [0.2, 0.25) is 10.0 Å². The van der Waals surface area contributed by atoms with Crippen LogP contribution >= 0.6 is 35.0 Å². The molecule has 24 heavy (non-hydrogen) atoms. The third-order valence-corrected chi connectivity index (χ3v) is 5.76. The zero-order valence-electron chi connectivity index (χ0n) is 12.9. The van der Waals surface area contributed by atoms with E-state index in [1.54, 1.807) is 49.4 Å². The number of rotatable bonds is 6. The molecule has 4 nitrogen and oxygen atoms in total. The van der Waals surface area contributed by atoms with Crippen molar-refractivity contribution in [2.24, 2.45) is 0 Å². The number of hydrogen-bond acceptors (Lipinski definition) is 4. The van der Waals surface area contributed by atoms with Crippen LogP contribution in [0, 0.1) is 0 Å². The summed E-state index contributed by atoms with van der Waals surface area (Å²) in [6.07, 6.45) is 1.07. The highest BCUT2D eigenvalue weighted by molar-refractivity contribution is 8.00. The van der Waals surface area contributed by atoms with Crippen LogP contribution in [0.3, 0.4) is 0 Å². The lowest BCUT2D eigenvalue weighted by atomic mass is 10.1. The molecular formula is C16H15Cl2NO3S2. The van der Waals surface area contributed by atoms with Gasteiger partial charge in [0.15, 0.2) is 5.78 Å². The number of thioether (sulfide) groups is 1. The number of benzene rings is 2. The largest absolute Gasteiger partial charge is 0.293 e. The number of ketones is 1. The molecule has 2 aromatic carbocycles. The van der Waals surface area contributed by atoms with Crippen LogP contribution in [-0.2, 0) is 10.0 Å². The Morgan fingerprint density at radius 2 is 1.62 bits per heavy atom. The molecule has 0 unspecified atom stereocenters. The summed E-state index contributed by atoms with van der Waals surface area (Å²) in [7, 11) is -3.35. The van der Waals surface area contributed by atoms with Crippen LogP contribution in [0.4, 0.5) is 5.69 Å². The molecule has 0 bridgehead atoms. The van der Waals surface area contributed by atoms with Gasteiger partial charge < -0.3 is 0 Å². The Morgan fingerprint density at radius 1 is 1.08 bits per heavy atom. The first-order valence-corrected chi connectivity index (χ1v) is 10.4. The van der Waals surface area contributed by atoms with Gasteiger partial charge in [0.2, 0.25) is 10.0 Å². The molecule has 0 radical (unpaired) electrons. The zero-order valence-corrected chi connectivity index (χ0v) is 16.1. The van der Waals surface area contributed by atoms with Gasteiger partial charge in [0.05, 0.1) is 21.6 Å². The van der Waals surface area contributed by atoms with Gasteiger partial charge >= 0.3 is 0 Å². The molecule has 0 fully saturated rings. The van der Waals surface area contributed by atoms with Crippen LogP contribution in [0.5, 0.6) is 0 Å². The fourth-order valence-electron chi connectivity index (χ4n) is 1.98. The van der Waals surface area contributed by atoms with E-state index in [4.69, 9.17) is 23.2 Å². The molecule has 1 N–H and O–H groups in total. The van der Waals surface area contributed by atoms with E-state index in [1.807, 2.05) is 0 Å². The van der Waals surface area contributed by atoms with Crippen molar-refractivity contribution in [3.8, 4) is 0 Å². The molecule has 128 valence electrons. The normalized spacial score (nSPS) is 12.7. The van der Waals surface area contributed by atoms with Crippen molar-refractivity contribution in [1.29, 1.82) is 0 Å². The molecule has 0 aromatic heterocycles. The molecule has 2 rings (SSSR count). The Balaban J connectivity index is 2.13. The Bertz CT molecular complexity index is 832. The average molecular weight is 404 g/mol. The van der Waals surface area contributed by atoms with E-state index in [1.165, 1.54) is 11.8 Å². The van der Waals surface area contributed by atoms with Crippen molar-refractivity contribution in [2.75, 3.05) is 11.0 Å². The highest BCUT2D eigenvalue weighted by Crippen LogP contribution is 2.37. The van der Waals surface area contributed by atoms with E-state index in [2.05, 4.69) is 4.72 Å². The smallest absolute Gasteiger partial charge is 0.229 e. The third kappa shape index (κ3) is 5.14. The maximum Gasteiger partial charge on any atom is 0.229 e. The maximum absolute atomic E-state index is 12.5. The molecule has 0 spiro atoms. The number of nitrogens with one attached hydrogen (secondary N) is 1. The fourth-order valence-corrected chi connectivity index (χ4v) is 4.16. The van der Waals surface area contributed by atoms with Crippen molar-refractivity contribution in [2.45, 2.75) is 17.1 Å². The number of anilines is 1. The third-order valence-electron chi connectivity index (χ3n) is 3.06. The van der Waals surface area contributed by atoms with E-state index in [0.717, 1.165) is 6.26 Å². The summed E-state index contributed by atoms with van der Waals surface area (Å²) >= 11 is 13.5. The SMILES string of the molecule is C[C@H](Sc1c(Cl)cccc1Cl)C(=O)c1ccc(NS(C)(=O)=O)cc1. The molecule has 0 aliphatic carbocycles. The molecule has 0 saturated heterocycles. The Morgan fingerprint density at radius 3 is 2.12 bits per heavy atom. The predicted octanol–water partition coefficient (Wildman–Crippen LogP) is 4.73. The van der Waals surface area contributed by atoms with Gasteiger partial charge in [0, 0.05) is 16.1 Å². The summed E-state index contributed by atoms with van der Waals surface area (Å²) in [6, 6.07) is 11.5. The highest BCUT2D eigenvalue weighted by atomic mass is 35.5. The first-order chi connectivity index (χ1) is 11.2. The van der Waals surface area contributed by atoms with Crippen molar-refractivity contribution in [3.63, 3.8) is 0 Å². The quantitative estimate of drug-likeness (QED) is 0.559. The minimum atomic E-state index is -3.35. The predicted molar refractivity (Wildman–Crippen MR) is 101 cm³/mol. The summed E-state index contributed by atoms with van der Waals surface area (Å²) in [5, 5.41) is 0.607. The molecule has 1 atom stereocenters. The number of Topliss-reactive ketones (excluding diaryl/α,β-unsaturated/α-hetero) is 1. The molecule has 2 aromatic rings. The second kappa shape index (κ2) is 7.78. The lowest BCUT2D eigenvalue weighted by molar-refractivity contribution is 0.0994. The van der Waals surface area contributed by atoms with Crippen LogP contribution in [0.15, 0.2) is 47.4 Å². The Hall–Kier alpha value is -1.21. The van der Waals surface area contributed by atoms with Crippen LogP contribution in [-0.4, -0.2) is 25.7 Å². The molecule has 8 heteroatoms. The van der Waals surface area contributed by atoms with Gasteiger partial charge in [-0.05, 0) is 43.3 Å². The lowest BCUT2D eigenvalue weighted by Crippen LogP contribution is -2.14. The fraction of sp³-hybridized carbons (Fsp3) is 0.188. The minimum Gasteiger partial charge on any atom is -0.293 e. The van der Waals surface area contributed by atoms with Gasteiger partial charge in [-0.3, -0.25) is 9.52 Å². The summed E-state index contributed by atoms with van der Waals surface area (Å²) in [6.45, 7) is 1.77. The lowest BCUT2D eigenvalue weighted by Gasteiger charge is -2.13. The number of halogens is 2. The average Bonchev–Trinajstić information content (AvgIpc) is 2.49. The van der Waals surface area contributed by atoms with Crippen LogP contribution in [0.1, 0.15) is 17.3 Å². The van der Waals surface area contributed by atoms with Crippen molar-refractivity contribution in [3.05, 3.63) is 58.1 Å². The first-order valence-electron chi connectivity index (χ1n) is 6.90. The van der Waals surface area contributed by atoms with E-state index in [9.17, 15) is 13.2 Å². The first kappa shape index (κ1) is 19.1. The summed E-state index contributed by atoms with van der Waals surface area (Å²) in [4.78, 5) is 13.2. The summed E-state index contributed by atoms with van der Waals surface area (Å²) in [5.74, 6) is -0.0955. The monoisotopic (exact) mass is 403 g/mol. The molecular weight excluding hydrogens is 389 g/mol. The minimum absolute atomic E-state index is 0.0955. The Labute approximate surface area is 155 Å². The zero-order chi connectivity index (χ0) is 17.9. The molecule has 0 saturated carbocycles. The maximum atomic E-state index is 12.5. The van der Waals surface area contributed by atoms with Gasteiger partial charge in [0.1, 0.15) is 0 Å². The van der Waals surface area contributed by atoms with Gasteiger partial charge in [-0.1, -0.05) is 29.3 Å². The topological polar surface area (TPSA) is 63.2 Å². The van der Waals surface area contributed by atoms with Crippen molar-refractivity contribution < 1.29 is 13.2 Å². The standard InChI is InChI=1S/C16H15Cl2NO3S2/c1-10(23-16-13(17)4-3-5-14(16)18)15(20)11-6-8-12(9-7-11)19-24(2,21)22/h3-10,19H,1-2H3/t10-/m0/s1.